The molecule has 0 unspecified atom stereocenters. The monoisotopic (exact) mass is 337 g/mol. The van der Waals surface area contributed by atoms with Crippen LogP contribution in [0.2, 0.25) is 0 Å². The van der Waals surface area contributed by atoms with Gasteiger partial charge in [-0.25, -0.2) is 4.79 Å². The van der Waals surface area contributed by atoms with E-state index in [1.807, 2.05) is 48.5 Å². The highest BCUT2D eigenvalue weighted by molar-refractivity contribution is 5.71. The molecule has 134 valence electrons. The molecule has 0 bridgehead atoms. The van der Waals surface area contributed by atoms with Crippen LogP contribution in [0, 0.1) is 24.0 Å². The molecule has 0 aliphatic rings. The van der Waals surface area contributed by atoms with Crippen molar-refractivity contribution >= 4 is 11.8 Å². The van der Waals surface area contributed by atoms with Crippen molar-refractivity contribution in [3.05, 3.63) is 32.4 Å². The van der Waals surface area contributed by atoms with Crippen molar-refractivity contribution in [3.63, 3.8) is 0 Å². The van der Waals surface area contributed by atoms with Gasteiger partial charge in [0.05, 0.1) is 17.6 Å². The van der Waals surface area contributed by atoms with Crippen molar-refractivity contribution in [1.29, 1.82) is 0 Å². The average Bonchev–Trinajstić information content (AvgIpc) is 2.38. The highest BCUT2D eigenvalue weighted by Gasteiger charge is 2.37. The second-order valence-electron chi connectivity index (χ2n) is 7.99. The van der Waals surface area contributed by atoms with E-state index >= 15 is 0 Å². The van der Waals surface area contributed by atoms with E-state index in [0.29, 0.717) is 11.1 Å². The van der Waals surface area contributed by atoms with E-state index in [9.17, 15) is 14.9 Å². The van der Waals surface area contributed by atoms with Gasteiger partial charge in [-0.2, -0.15) is 0 Å². The maximum atomic E-state index is 11.7. The number of nitro benzene ring substituents is 1. The molecule has 0 heterocycles. The molecule has 0 spiro atoms. The van der Waals surface area contributed by atoms with Gasteiger partial charge in [-0.3, -0.25) is 10.1 Å². The standard InChI is InChI=1S/C18H27NO5/c1-10-12(17(3,4)5)14(19(21)22)11(2)15(24-16(20)23-9)13(10)18(6,7)8/h1-9H3. The van der Waals surface area contributed by atoms with Crippen molar-refractivity contribution in [2.75, 3.05) is 7.11 Å². The van der Waals surface area contributed by atoms with E-state index in [1.165, 1.54) is 7.11 Å². The Balaban J connectivity index is 4.03. The minimum Gasteiger partial charge on any atom is -0.437 e. The second-order valence-corrected chi connectivity index (χ2v) is 7.99. The van der Waals surface area contributed by atoms with Gasteiger partial charge in [-0.1, -0.05) is 41.5 Å². The summed E-state index contributed by atoms with van der Waals surface area (Å²) in [6.45, 7) is 15.2. The lowest BCUT2D eigenvalue weighted by Gasteiger charge is -2.31. The second kappa shape index (κ2) is 6.42. The summed E-state index contributed by atoms with van der Waals surface area (Å²) in [5.41, 5.74) is 1.74. The Morgan fingerprint density at radius 3 is 1.75 bits per heavy atom. The first-order valence-corrected chi connectivity index (χ1v) is 7.81. The summed E-state index contributed by atoms with van der Waals surface area (Å²) in [7, 11) is 1.21. The van der Waals surface area contributed by atoms with Gasteiger partial charge in [0.1, 0.15) is 5.75 Å². The Morgan fingerprint density at radius 2 is 1.42 bits per heavy atom. The molecule has 1 aromatic carbocycles. The van der Waals surface area contributed by atoms with Gasteiger partial charge in [0.2, 0.25) is 0 Å². The van der Waals surface area contributed by atoms with E-state index in [-0.39, 0.29) is 16.9 Å². The molecule has 6 heteroatoms. The molecule has 0 aliphatic heterocycles. The average molecular weight is 337 g/mol. The first-order chi connectivity index (χ1) is 10.7. The van der Waals surface area contributed by atoms with Crippen LogP contribution in [0.5, 0.6) is 5.75 Å². The minimum absolute atomic E-state index is 0.00750. The maximum absolute atomic E-state index is 11.7. The number of nitro groups is 1. The van der Waals surface area contributed by atoms with Crippen LogP contribution in [-0.4, -0.2) is 18.2 Å². The van der Waals surface area contributed by atoms with Gasteiger partial charge in [0.25, 0.3) is 5.69 Å². The molecule has 1 rings (SSSR count). The number of nitrogens with zero attached hydrogens (tertiary/aromatic N) is 1. The number of ether oxygens (including phenoxy) is 2. The largest absolute Gasteiger partial charge is 0.513 e. The van der Waals surface area contributed by atoms with Crippen LogP contribution >= 0.6 is 0 Å². The van der Waals surface area contributed by atoms with E-state index < -0.39 is 16.5 Å². The minimum atomic E-state index is -0.888. The van der Waals surface area contributed by atoms with Crippen molar-refractivity contribution in [1.82, 2.24) is 0 Å². The van der Waals surface area contributed by atoms with Gasteiger partial charge in [-0.05, 0) is 30.2 Å². The van der Waals surface area contributed by atoms with Gasteiger partial charge < -0.3 is 9.47 Å². The molecule has 0 fully saturated rings. The van der Waals surface area contributed by atoms with Crippen molar-refractivity contribution in [2.24, 2.45) is 0 Å². The maximum Gasteiger partial charge on any atom is 0.513 e. The molecule has 0 amide bonds. The third kappa shape index (κ3) is 3.68. The fourth-order valence-electron chi connectivity index (χ4n) is 3.26. The van der Waals surface area contributed by atoms with Crippen LogP contribution in [0.15, 0.2) is 0 Å². The first-order valence-electron chi connectivity index (χ1n) is 7.81. The molecular formula is C18H27NO5. The van der Waals surface area contributed by atoms with Gasteiger partial charge in [-0.15, -0.1) is 0 Å². The van der Waals surface area contributed by atoms with E-state index in [0.717, 1.165) is 11.1 Å². The van der Waals surface area contributed by atoms with Crippen LogP contribution in [0.4, 0.5) is 10.5 Å². The zero-order valence-corrected chi connectivity index (χ0v) is 16.0. The lowest BCUT2D eigenvalue weighted by atomic mass is 9.74. The third-order valence-corrected chi connectivity index (χ3v) is 3.94. The Bertz CT molecular complexity index is 678. The Labute approximate surface area is 143 Å². The molecule has 0 aromatic heterocycles. The topological polar surface area (TPSA) is 78.7 Å². The van der Waals surface area contributed by atoms with Gasteiger partial charge >= 0.3 is 6.16 Å². The molecular weight excluding hydrogens is 310 g/mol. The molecule has 0 radical (unpaired) electrons. The summed E-state index contributed by atoms with van der Waals surface area (Å²) in [6.07, 6.45) is -0.888. The molecule has 0 saturated carbocycles. The highest BCUT2D eigenvalue weighted by Crippen LogP contribution is 2.47. The number of methoxy groups -OCH3 is 1. The summed E-state index contributed by atoms with van der Waals surface area (Å²) in [6, 6.07) is 0. The first kappa shape index (κ1) is 19.9. The van der Waals surface area contributed by atoms with Crippen molar-refractivity contribution < 1.29 is 19.2 Å². The predicted octanol–water partition coefficient (Wildman–Crippen LogP) is 4.95. The van der Waals surface area contributed by atoms with Crippen LogP contribution in [0.1, 0.15) is 63.8 Å². The highest BCUT2D eigenvalue weighted by atomic mass is 16.7. The SMILES string of the molecule is COC(=O)Oc1c(C)c([N+](=O)[O-])c(C(C)(C)C)c(C)c1C(C)(C)C. The lowest BCUT2D eigenvalue weighted by Crippen LogP contribution is -2.24. The number of hydrogen-bond donors (Lipinski definition) is 0. The fourth-order valence-corrected chi connectivity index (χ4v) is 3.26. The van der Waals surface area contributed by atoms with Gasteiger partial charge in [0.15, 0.2) is 0 Å². The van der Waals surface area contributed by atoms with Crippen LogP contribution in [0.25, 0.3) is 0 Å². The predicted molar refractivity (Wildman–Crippen MR) is 93.0 cm³/mol. The molecule has 1 aromatic rings. The van der Waals surface area contributed by atoms with Crippen LogP contribution in [-0.2, 0) is 15.6 Å². The number of carbonyl (C=O) groups is 1. The fraction of sp³-hybridized carbons (Fsp3) is 0.611. The lowest BCUT2D eigenvalue weighted by molar-refractivity contribution is -0.386. The van der Waals surface area contributed by atoms with Crippen molar-refractivity contribution in [3.8, 4) is 5.75 Å². The van der Waals surface area contributed by atoms with Crippen LogP contribution in [0.3, 0.4) is 0 Å². The normalized spacial score (nSPS) is 12.0. The van der Waals surface area contributed by atoms with E-state index in [2.05, 4.69) is 4.74 Å². The Morgan fingerprint density at radius 1 is 0.958 bits per heavy atom. The van der Waals surface area contributed by atoms with E-state index in [4.69, 9.17) is 4.74 Å². The molecule has 6 nitrogen and oxygen atoms in total. The number of carbonyl (C=O) groups excluding carboxylic acids is 1. The Hall–Kier alpha value is -2.11. The molecule has 24 heavy (non-hydrogen) atoms. The summed E-state index contributed by atoms with van der Waals surface area (Å²) in [5.74, 6) is 0.214. The molecule has 0 aliphatic carbocycles. The van der Waals surface area contributed by atoms with Crippen LogP contribution < -0.4 is 4.74 Å². The Kier molecular flexibility index (Phi) is 5.33. The summed E-state index contributed by atoms with van der Waals surface area (Å²) >= 11 is 0. The zero-order valence-electron chi connectivity index (χ0n) is 16.0. The third-order valence-electron chi connectivity index (χ3n) is 3.94. The summed E-state index contributed by atoms with van der Waals surface area (Å²) in [4.78, 5) is 23.0. The number of benzene rings is 1. The smallest absolute Gasteiger partial charge is 0.437 e. The molecule has 0 atom stereocenters. The molecule has 0 saturated heterocycles. The number of hydrogen-bond acceptors (Lipinski definition) is 5. The summed E-state index contributed by atoms with van der Waals surface area (Å²) < 4.78 is 9.91. The summed E-state index contributed by atoms with van der Waals surface area (Å²) in [5, 5.41) is 11.7. The van der Waals surface area contributed by atoms with Crippen molar-refractivity contribution in [2.45, 2.75) is 66.2 Å². The quantitative estimate of drug-likeness (QED) is 0.330. The number of rotatable bonds is 2. The molecule has 0 N–H and O–H groups in total. The zero-order chi connectivity index (χ0) is 19.0. The van der Waals surface area contributed by atoms with Gasteiger partial charge in [0, 0.05) is 11.1 Å². The van der Waals surface area contributed by atoms with E-state index in [1.54, 1.807) is 6.92 Å².